The van der Waals surface area contributed by atoms with Crippen LogP contribution in [0.25, 0.3) is 0 Å². The Kier molecular flexibility index (Phi) is 17.7. The van der Waals surface area contributed by atoms with Gasteiger partial charge in [-0.2, -0.15) is 0 Å². The first-order chi connectivity index (χ1) is 4.41. The van der Waals surface area contributed by atoms with E-state index in [2.05, 4.69) is 10.6 Å². The minimum Gasteiger partial charge on any atom is -0.314 e. The summed E-state index contributed by atoms with van der Waals surface area (Å²) < 4.78 is 0. The average molecular weight is 224 g/mol. The zero-order valence-electron chi connectivity index (χ0n) is 5.44. The van der Waals surface area contributed by atoms with Crippen molar-refractivity contribution in [2.24, 2.45) is 0 Å². The lowest BCUT2D eigenvalue weighted by Gasteiger charge is -2.11. The molecular formula is C4H11Cl3N2P. The molecule has 6 heteroatoms. The van der Waals surface area contributed by atoms with E-state index in [1.54, 1.807) is 0 Å². The number of halogens is 3. The second-order valence-corrected chi connectivity index (χ2v) is 3.22. The largest absolute Gasteiger partial charge is 0.314 e. The van der Waals surface area contributed by atoms with E-state index in [9.17, 15) is 0 Å². The Morgan fingerprint density at radius 3 is 1.20 bits per heavy atom. The first-order valence-electron chi connectivity index (χ1n) is 2.75. The van der Waals surface area contributed by atoms with Crippen molar-refractivity contribution in [3.05, 3.63) is 0 Å². The molecule has 0 unspecified atom stereocenters. The second kappa shape index (κ2) is 12.9. The molecule has 0 amide bonds. The standard InChI is InChI=1S/C4H10N2.Cl2P.ClH/c1-2-6-4-3-5-1;1-3-2;/h5-6H,1-4H2;;1H. The maximum atomic E-state index is 4.74. The van der Waals surface area contributed by atoms with Crippen molar-refractivity contribution in [3.63, 3.8) is 0 Å². The fourth-order valence-corrected chi connectivity index (χ4v) is 0.604. The van der Waals surface area contributed by atoms with E-state index in [1.165, 1.54) is 0 Å². The van der Waals surface area contributed by atoms with Crippen molar-refractivity contribution in [2.45, 2.75) is 0 Å². The highest BCUT2D eigenvalue weighted by molar-refractivity contribution is 7.90. The van der Waals surface area contributed by atoms with Crippen molar-refractivity contribution in [1.29, 1.82) is 0 Å². The minimum absolute atomic E-state index is 0. The van der Waals surface area contributed by atoms with Crippen LogP contribution >= 0.6 is 42.2 Å². The van der Waals surface area contributed by atoms with Gasteiger partial charge >= 0.3 is 0 Å². The highest BCUT2D eigenvalue weighted by atomic mass is 35.9. The minimum atomic E-state index is 0. The number of nitrogens with one attached hydrogen (secondary N) is 2. The van der Waals surface area contributed by atoms with E-state index in [0.29, 0.717) is 7.29 Å². The van der Waals surface area contributed by atoms with Crippen molar-refractivity contribution in [3.8, 4) is 0 Å². The van der Waals surface area contributed by atoms with E-state index < -0.39 is 0 Å². The number of piperazine rings is 1. The molecular weight excluding hydrogens is 213 g/mol. The molecule has 0 aromatic heterocycles. The SMILES string of the molecule is C1CNCCN1.Cl.Cl[P]Cl. The molecule has 0 atom stereocenters. The van der Waals surface area contributed by atoms with E-state index in [0.717, 1.165) is 26.2 Å². The van der Waals surface area contributed by atoms with Gasteiger partial charge in [-0.3, -0.25) is 0 Å². The first-order valence-corrected chi connectivity index (χ1v) is 5.46. The highest BCUT2D eigenvalue weighted by Gasteiger charge is 1.91. The summed E-state index contributed by atoms with van der Waals surface area (Å²) in [5, 5.41) is 6.44. The molecule has 0 aliphatic carbocycles. The van der Waals surface area contributed by atoms with Crippen LogP contribution in [0, 0.1) is 0 Å². The molecule has 0 spiro atoms. The van der Waals surface area contributed by atoms with E-state index in [-0.39, 0.29) is 12.4 Å². The lowest BCUT2D eigenvalue weighted by molar-refractivity contribution is 0.534. The Morgan fingerprint density at radius 1 is 0.900 bits per heavy atom. The lowest BCUT2D eigenvalue weighted by atomic mass is 10.4. The van der Waals surface area contributed by atoms with Crippen molar-refractivity contribution >= 4 is 42.2 Å². The summed E-state index contributed by atoms with van der Waals surface area (Å²) in [4.78, 5) is 0. The molecule has 0 saturated carbocycles. The Bertz CT molecular complexity index is 42.3. The highest BCUT2D eigenvalue weighted by Crippen LogP contribution is 2.19. The Hall–Kier alpha value is 1.22. The van der Waals surface area contributed by atoms with Crippen molar-refractivity contribution in [1.82, 2.24) is 10.6 Å². The van der Waals surface area contributed by atoms with Crippen molar-refractivity contribution < 1.29 is 0 Å². The second-order valence-electron chi connectivity index (χ2n) is 1.56. The van der Waals surface area contributed by atoms with Crippen LogP contribution in [0.5, 0.6) is 0 Å². The van der Waals surface area contributed by atoms with Gasteiger partial charge in [-0.1, -0.05) is 22.5 Å². The summed E-state index contributed by atoms with van der Waals surface area (Å²) in [7, 11) is 0.361. The van der Waals surface area contributed by atoms with Crippen LogP contribution in [0.3, 0.4) is 0 Å². The third kappa shape index (κ3) is 12.0. The summed E-state index contributed by atoms with van der Waals surface area (Å²) >= 11 is 9.47. The molecule has 0 aromatic carbocycles. The monoisotopic (exact) mass is 223 g/mol. The first kappa shape index (κ1) is 13.8. The van der Waals surface area contributed by atoms with Gasteiger partial charge in [0.2, 0.25) is 0 Å². The van der Waals surface area contributed by atoms with Gasteiger partial charge in [0.15, 0.2) is 0 Å². The molecule has 0 bridgehead atoms. The predicted molar refractivity (Wildman–Crippen MR) is 51.6 cm³/mol. The van der Waals surface area contributed by atoms with Gasteiger partial charge in [-0.05, 0) is 0 Å². The average Bonchev–Trinajstić information content (AvgIpc) is 1.93. The van der Waals surface area contributed by atoms with Crippen LogP contribution in [0.4, 0.5) is 0 Å². The zero-order valence-corrected chi connectivity index (χ0v) is 8.66. The molecule has 0 aromatic rings. The van der Waals surface area contributed by atoms with E-state index >= 15 is 0 Å². The summed E-state index contributed by atoms with van der Waals surface area (Å²) in [6.07, 6.45) is 0. The Labute approximate surface area is 79.2 Å². The van der Waals surface area contributed by atoms with Gasteiger partial charge in [-0.25, -0.2) is 0 Å². The smallest absolute Gasteiger partial charge is 0.141 e. The van der Waals surface area contributed by atoms with Crippen LogP contribution in [0.1, 0.15) is 0 Å². The molecule has 1 aliphatic rings. The molecule has 63 valence electrons. The predicted octanol–water partition coefficient (Wildman–Crippen LogP) is 1.84. The zero-order chi connectivity index (χ0) is 6.95. The molecule has 1 radical (unpaired) electrons. The normalized spacial score (nSPS) is 16.2. The van der Waals surface area contributed by atoms with Crippen molar-refractivity contribution in [2.75, 3.05) is 26.2 Å². The third-order valence-electron chi connectivity index (χ3n) is 0.957. The molecule has 1 rings (SSSR count). The molecule has 1 aliphatic heterocycles. The topological polar surface area (TPSA) is 24.1 Å². The fourth-order valence-electron chi connectivity index (χ4n) is 0.604. The van der Waals surface area contributed by atoms with E-state index in [4.69, 9.17) is 22.5 Å². The quantitative estimate of drug-likeness (QED) is 0.614. The molecule has 1 fully saturated rings. The third-order valence-corrected chi connectivity index (χ3v) is 0.957. The Morgan fingerprint density at radius 2 is 1.10 bits per heavy atom. The van der Waals surface area contributed by atoms with E-state index in [1.807, 2.05) is 0 Å². The van der Waals surface area contributed by atoms with Gasteiger partial charge in [0.1, 0.15) is 7.29 Å². The summed E-state index contributed by atoms with van der Waals surface area (Å²) in [6, 6.07) is 0. The van der Waals surface area contributed by atoms with Crippen LogP contribution in [0.2, 0.25) is 0 Å². The number of rotatable bonds is 0. The lowest BCUT2D eigenvalue weighted by Crippen LogP contribution is -2.39. The maximum Gasteiger partial charge on any atom is 0.141 e. The molecule has 2 N–H and O–H groups in total. The maximum absolute atomic E-state index is 4.74. The van der Waals surface area contributed by atoms with Crippen LogP contribution < -0.4 is 10.6 Å². The van der Waals surface area contributed by atoms with Gasteiger partial charge < -0.3 is 10.6 Å². The summed E-state index contributed by atoms with van der Waals surface area (Å²) in [5.41, 5.74) is 0. The summed E-state index contributed by atoms with van der Waals surface area (Å²) in [5.74, 6) is 0. The molecule has 1 heterocycles. The van der Waals surface area contributed by atoms with Gasteiger partial charge in [0, 0.05) is 26.2 Å². The fraction of sp³-hybridized carbons (Fsp3) is 1.00. The van der Waals surface area contributed by atoms with Crippen LogP contribution in [0.15, 0.2) is 0 Å². The number of hydrogen-bond acceptors (Lipinski definition) is 2. The van der Waals surface area contributed by atoms with Crippen LogP contribution in [-0.2, 0) is 0 Å². The molecule has 1 saturated heterocycles. The molecule has 10 heavy (non-hydrogen) atoms. The molecule has 2 nitrogen and oxygen atoms in total. The Balaban J connectivity index is 0. The summed E-state index contributed by atoms with van der Waals surface area (Å²) in [6.45, 7) is 4.56. The van der Waals surface area contributed by atoms with Crippen LogP contribution in [-0.4, -0.2) is 26.2 Å². The van der Waals surface area contributed by atoms with Gasteiger partial charge in [-0.15, -0.1) is 12.4 Å². The van der Waals surface area contributed by atoms with Gasteiger partial charge in [0.25, 0.3) is 0 Å². The van der Waals surface area contributed by atoms with Gasteiger partial charge in [0.05, 0.1) is 0 Å². The number of hydrogen-bond donors (Lipinski definition) is 2.